The smallest absolute Gasteiger partial charge is 0.341 e. The van der Waals surface area contributed by atoms with Gasteiger partial charge in [-0.1, -0.05) is 37.3 Å². The number of benzene rings is 2. The van der Waals surface area contributed by atoms with Crippen LogP contribution >= 0.6 is 0 Å². The second-order valence-corrected chi connectivity index (χ2v) is 6.33. The van der Waals surface area contributed by atoms with Crippen molar-refractivity contribution < 1.29 is 19.4 Å². The van der Waals surface area contributed by atoms with Crippen LogP contribution in [0.5, 0.6) is 5.75 Å². The van der Waals surface area contributed by atoms with Gasteiger partial charge in [0.05, 0.1) is 0 Å². The zero-order chi connectivity index (χ0) is 19.6. The summed E-state index contributed by atoms with van der Waals surface area (Å²) >= 11 is 0. The van der Waals surface area contributed by atoms with Crippen molar-refractivity contribution in [2.24, 2.45) is 5.73 Å². The molecule has 0 radical (unpaired) electrons. The zero-order valence-corrected chi connectivity index (χ0v) is 15.3. The minimum atomic E-state index is -1.06. The Balaban J connectivity index is 2.26. The van der Waals surface area contributed by atoms with Crippen LogP contribution in [0.2, 0.25) is 0 Å². The first-order valence-corrected chi connectivity index (χ1v) is 8.73. The van der Waals surface area contributed by atoms with Gasteiger partial charge in [-0.3, -0.25) is 4.79 Å². The fourth-order valence-corrected chi connectivity index (χ4v) is 3.54. The standard InChI is InChI=1S/C22H21NO4/c1-3-15-13(2)20-18(27-12-19(24)25)10-9-16(22(23)26)21(20)17(15)11-14-7-5-4-6-8-14/h4-11H,3,12H2,1-2H3,(H2,23,26)(H,24,25)/i19+1. The molecule has 138 valence electrons. The second kappa shape index (κ2) is 7.50. The first-order valence-electron chi connectivity index (χ1n) is 8.73. The van der Waals surface area contributed by atoms with Crippen LogP contribution in [0.4, 0.5) is 0 Å². The van der Waals surface area contributed by atoms with Crippen LogP contribution in [0.15, 0.2) is 48.0 Å². The summed E-state index contributed by atoms with van der Waals surface area (Å²) in [6.45, 7) is 3.56. The van der Waals surface area contributed by atoms with E-state index in [0.717, 1.165) is 34.3 Å². The molecule has 0 saturated carbocycles. The summed E-state index contributed by atoms with van der Waals surface area (Å²) < 4.78 is 5.49. The van der Waals surface area contributed by atoms with Crippen LogP contribution in [-0.2, 0) is 4.79 Å². The van der Waals surface area contributed by atoms with Gasteiger partial charge in [-0.2, -0.15) is 0 Å². The molecule has 1 aliphatic carbocycles. The SMILES string of the molecule is CCC1=C(C)c2c(OC[13C](=O)O)ccc(C(N)=O)c2C1=Cc1ccccc1. The average Bonchev–Trinajstić information content (AvgIpc) is 2.92. The van der Waals surface area contributed by atoms with Gasteiger partial charge in [-0.05, 0) is 53.8 Å². The number of ether oxygens (including phenoxy) is 1. The number of carbonyl (C=O) groups is 2. The van der Waals surface area contributed by atoms with Crippen molar-refractivity contribution in [1.82, 2.24) is 0 Å². The van der Waals surface area contributed by atoms with Crippen molar-refractivity contribution in [3.05, 3.63) is 70.3 Å². The van der Waals surface area contributed by atoms with Gasteiger partial charge in [-0.25, -0.2) is 4.79 Å². The van der Waals surface area contributed by atoms with Gasteiger partial charge in [0.15, 0.2) is 6.61 Å². The van der Waals surface area contributed by atoms with E-state index in [1.807, 2.05) is 50.3 Å². The highest BCUT2D eigenvalue weighted by Crippen LogP contribution is 2.48. The summed E-state index contributed by atoms with van der Waals surface area (Å²) in [4.78, 5) is 23.0. The molecule has 27 heavy (non-hydrogen) atoms. The first kappa shape index (κ1) is 18.5. The molecule has 0 aromatic heterocycles. The molecule has 5 nitrogen and oxygen atoms in total. The number of nitrogens with two attached hydrogens (primary N) is 1. The van der Waals surface area contributed by atoms with Crippen LogP contribution in [0, 0.1) is 0 Å². The lowest BCUT2D eigenvalue weighted by atomic mass is 9.93. The Morgan fingerprint density at radius 1 is 1.11 bits per heavy atom. The van der Waals surface area contributed by atoms with Crippen molar-refractivity contribution >= 4 is 29.1 Å². The highest BCUT2D eigenvalue weighted by Gasteiger charge is 2.30. The molecule has 0 aliphatic heterocycles. The largest absolute Gasteiger partial charge is 0.481 e. The van der Waals surface area contributed by atoms with E-state index < -0.39 is 18.5 Å². The zero-order valence-electron chi connectivity index (χ0n) is 15.3. The molecule has 1 amide bonds. The number of primary amides is 1. The molecule has 0 spiro atoms. The van der Waals surface area contributed by atoms with Gasteiger partial charge in [0, 0.05) is 16.7 Å². The number of aliphatic carboxylic acids is 1. The second-order valence-electron chi connectivity index (χ2n) is 6.33. The number of amides is 1. The molecule has 2 aromatic rings. The van der Waals surface area contributed by atoms with Crippen molar-refractivity contribution in [2.75, 3.05) is 6.61 Å². The Labute approximate surface area is 157 Å². The van der Waals surface area contributed by atoms with E-state index in [9.17, 15) is 9.59 Å². The molecule has 0 heterocycles. The Kier molecular flexibility index (Phi) is 5.12. The Hall–Kier alpha value is -3.34. The monoisotopic (exact) mass is 364 g/mol. The van der Waals surface area contributed by atoms with Gasteiger partial charge in [0.1, 0.15) is 5.75 Å². The van der Waals surface area contributed by atoms with Gasteiger partial charge in [0.2, 0.25) is 5.91 Å². The van der Waals surface area contributed by atoms with Crippen LogP contribution in [0.3, 0.4) is 0 Å². The summed E-state index contributed by atoms with van der Waals surface area (Å²) in [5.74, 6) is -1.14. The summed E-state index contributed by atoms with van der Waals surface area (Å²) in [5.41, 5.74) is 11.5. The molecule has 5 heteroatoms. The van der Waals surface area contributed by atoms with Gasteiger partial charge in [0.25, 0.3) is 0 Å². The fraction of sp³-hybridized carbons (Fsp3) is 0.182. The maximum Gasteiger partial charge on any atom is 0.341 e. The number of carbonyl (C=O) groups excluding carboxylic acids is 1. The molecule has 1 aliphatic rings. The summed E-state index contributed by atoms with van der Waals surface area (Å²) in [7, 11) is 0. The predicted octanol–water partition coefficient (Wildman–Crippen LogP) is 3.99. The number of fused-ring (bicyclic) bond motifs is 1. The van der Waals surface area contributed by atoms with Crippen molar-refractivity contribution in [3.8, 4) is 5.75 Å². The lowest BCUT2D eigenvalue weighted by Crippen LogP contribution is -2.15. The molecule has 0 unspecified atom stereocenters. The number of rotatable bonds is 6. The van der Waals surface area contributed by atoms with Crippen LogP contribution < -0.4 is 10.5 Å². The van der Waals surface area contributed by atoms with Gasteiger partial charge < -0.3 is 15.6 Å². The number of carboxylic acids is 1. The normalized spacial score (nSPS) is 14.4. The Morgan fingerprint density at radius 2 is 1.81 bits per heavy atom. The average molecular weight is 364 g/mol. The van der Waals surface area contributed by atoms with E-state index in [2.05, 4.69) is 0 Å². The number of allylic oxidation sites excluding steroid dienone is 3. The number of hydrogen-bond acceptors (Lipinski definition) is 3. The van der Waals surface area contributed by atoms with Crippen molar-refractivity contribution in [2.45, 2.75) is 20.3 Å². The highest BCUT2D eigenvalue weighted by molar-refractivity contribution is 6.12. The number of hydrogen-bond donors (Lipinski definition) is 2. The highest BCUT2D eigenvalue weighted by atomic mass is 16.5. The predicted molar refractivity (Wildman–Crippen MR) is 105 cm³/mol. The van der Waals surface area contributed by atoms with Gasteiger partial charge in [-0.15, -0.1) is 0 Å². The Bertz CT molecular complexity index is 971. The van der Waals surface area contributed by atoms with E-state index in [0.29, 0.717) is 16.9 Å². The molecule has 2 aromatic carbocycles. The minimum absolute atomic E-state index is 0.401. The van der Waals surface area contributed by atoms with E-state index in [-0.39, 0.29) is 0 Å². The summed E-state index contributed by atoms with van der Waals surface area (Å²) in [5, 5.41) is 8.95. The molecule has 0 atom stereocenters. The third-order valence-electron chi connectivity index (χ3n) is 4.67. The number of carboxylic acid groups (broad SMARTS) is 1. The molecular weight excluding hydrogens is 343 g/mol. The molecule has 3 N–H and O–H groups in total. The van der Waals surface area contributed by atoms with E-state index in [1.165, 1.54) is 0 Å². The lowest BCUT2D eigenvalue weighted by molar-refractivity contribution is -0.139. The minimum Gasteiger partial charge on any atom is -0.481 e. The maximum absolute atomic E-state index is 12.1. The summed E-state index contributed by atoms with van der Waals surface area (Å²) in [6.07, 6.45) is 2.79. The summed E-state index contributed by atoms with van der Waals surface area (Å²) in [6, 6.07) is 13.0. The Morgan fingerprint density at radius 3 is 2.41 bits per heavy atom. The van der Waals surface area contributed by atoms with E-state index in [1.54, 1.807) is 12.1 Å². The topological polar surface area (TPSA) is 89.6 Å². The third-order valence-corrected chi connectivity index (χ3v) is 4.67. The molecule has 3 rings (SSSR count). The van der Waals surface area contributed by atoms with E-state index >= 15 is 0 Å². The maximum atomic E-state index is 12.1. The molecule has 0 bridgehead atoms. The lowest BCUT2D eigenvalue weighted by Gasteiger charge is -2.14. The van der Waals surface area contributed by atoms with Crippen molar-refractivity contribution in [1.29, 1.82) is 0 Å². The van der Waals surface area contributed by atoms with Crippen LogP contribution in [-0.4, -0.2) is 23.6 Å². The third kappa shape index (κ3) is 3.49. The quantitative estimate of drug-likeness (QED) is 0.759. The first-order chi connectivity index (χ1) is 12.9. The fourth-order valence-electron chi connectivity index (χ4n) is 3.54. The van der Waals surface area contributed by atoms with Gasteiger partial charge >= 0.3 is 5.97 Å². The van der Waals surface area contributed by atoms with E-state index in [4.69, 9.17) is 15.6 Å². The molecular formula is C22H21NO4. The van der Waals surface area contributed by atoms with Crippen LogP contribution in [0.1, 0.15) is 47.3 Å². The molecule has 0 fully saturated rings. The molecule has 0 saturated heterocycles. The van der Waals surface area contributed by atoms with Crippen molar-refractivity contribution in [3.63, 3.8) is 0 Å². The van der Waals surface area contributed by atoms with Crippen LogP contribution in [0.25, 0.3) is 17.2 Å².